The van der Waals surface area contributed by atoms with Gasteiger partial charge in [0.25, 0.3) is 0 Å². The molecule has 2 aromatic heterocycles. The van der Waals surface area contributed by atoms with Crippen LogP contribution in [0.15, 0.2) is 60.2 Å². The fourth-order valence-corrected chi connectivity index (χ4v) is 4.70. The van der Waals surface area contributed by atoms with E-state index in [4.69, 9.17) is 9.47 Å². The van der Waals surface area contributed by atoms with E-state index in [9.17, 15) is 5.11 Å². The number of hydrogen-bond donors (Lipinski definition) is 1. The van der Waals surface area contributed by atoms with Gasteiger partial charge < -0.3 is 14.6 Å². The van der Waals surface area contributed by atoms with Crippen LogP contribution in [0.25, 0.3) is 0 Å². The molecule has 1 aliphatic carbocycles. The van der Waals surface area contributed by atoms with E-state index in [-0.39, 0.29) is 6.10 Å². The lowest BCUT2D eigenvalue weighted by molar-refractivity contribution is 0.0842. The van der Waals surface area contributed by atoms with Gasteiger partial charge in [0, 0.05) is 23.7 Å². The molecule has 0 spiro atoms. The second-order valence-corrected chi connectivity index (χ2v) is 8.21. The molecule has 1 aromatic carbocycles. The zero-order chi connectivity index (χ0) is 19.4. The van der Waals surface area contributed by atoms with E-state index in [2.05, 4.69) is 4.98 Å². The maximum atomic E-state index is 11.8. The average Bonchev–Trinajstić information content (AvgIpc) is 3.43. The monoisotopic (exact) mass is 395 g/mol. The molecule has 1 unspecified atom stereocenters. The smallest absolute Gasteiger partial charge is 0.161 e. The molecule has 1 aliphatic rings. The Morgan fingerprint density at radius 3 is 2.57 bits per heavy atom. The molecule has 4 nitrogen and oxygen atoms in total. The molecule has 2 heterocycles. The number of aliphatic hydroxyl groups is 1. The largest absolute Gasteiger partial charge is 0.493 e. The van der Waals surface area contributed by atoms with Crippen molar-refractivity contribution in [1.82, 2.24) is 4.98 Å². The maximum absolute atomic E-state index is 11.8. The molecule has 146 valence electrons. The van der Waals surface area contributed by atoms with Crippen molar-refractivity contribution in [2.45, 2.75) is 43.8 Å². The summed E-state index contributed by atoms with van der Waals surface area (Å²) < 4.78 is 11.8. The number of benzene rings is 1. The van der Waals surface area contributed by atoms with Crippen LogP contribution in [0.1, 0.15) is 41.7 Å². The van der Waals surface area contributed by atoms with Crippen molar-refractivity contribution >= 4 is 11.3 Å². The highest BCUT2D eigenvalue weighted by Gasteiger charge is 2.34. The van der Waals surface area contributed by atoms with Gasteiger partial charge in [-0.15, -0.1) is 11.3 Å². The highest BCUT2D eigenvalue weighted by Crippen LogP contribution is 2.40. The van der Waals surface area contributed by atoms with Gasteiger partial charge in [-0.3, -0.25) is 4.98 Å². The minimum atomic E-state index is -1.14. The summed E-state index contributed by atoms with van der Waals surface area (Å²) in [5.41, 5.74) is 0.691. The number of pyridine rings is 1. The maximum Gasteiger partial charge on any atom is 0.161 e. The highest BCUT2D eigenvalue weighted by atomic mass is 32.1. The third-order valence-corrected chi connectivity index (χ3v) is 6.40. The number of thiophene rings is 1. The minimum absolute atomic E-state index is 0.221. The first-order valence-corrected chi connectivity index (χ1v) is 10.6. The highest BCUT2D eigenvalue weighted by molar-refractivity contribution is 7.10. The Kier molecular flexibility index (Phi) is 5.64. The summed E-state index contributed by atoms with van der Waals surface area (Å²) in [7, 11) is 1.65. The van der Waals surface area contributed by atoms with Gasteiger partial charge >= 0.3 is 0 Å². The molecule has 0 amide bonds. The summed E-state index contributed by atoms with van der Waals surface area (Å²) in [6, 6.07) is 13.6. The van der Waals surface area contributed by atoms with Crippen LogP contribution in [-0.4, -0.2) is 23.3 Å². The Morgan fingerprint density at radius 2 is 1.89 bits per heavy atom. The molecule has 4 rings (SSSR count). The van der Waals surface area contributed by atoms with Crippen LogP contribution >= 0.6 is 11.3 Å². The number of hydrogen-bond acceptors (Lipinski definition) is 5. The molecule has 3 aromatic rings. The molecule has 1 atom stereocenters. The first kappa shape index (κ1) is 19.0. The van der Waals surface area contributed by atoms with Gasteiger partial charge in [0.05, 0.1) is 13.2 Å². The Hall–Kier alpha value is -2.37. The predicted octanol–water partition coefficient (Wildman–Crippen LogP) is 4.95. The van der Waals surface area contributed by atoms with Crippen LogP contribution in [0.3, 0.4) is 0 Å². The molecule has 28 heavy (non-hydrogen) atoms. The summed E-state index contributed by atoms with van der Waals surface area (Å²) in [5.74, 6) is 1.41. The number of aromatic nitrogens is 1. The first-order chi connectivity index (χ1) is 13.7. The standard InChI is InChI=1S/C23H25NO3S/c1-26-20-9-8-18(15-21(20)27-19-5-2-3-6-19)23(25,22-7-4-14-28-22)16-17-10-12-24-13-11-17/h4,7-15,19,25H,2-3,5-6,16H2,1H3. The van der Waals surface area contributed by atoms with Crippen molar-refractivity contribution in [3.05, 3.63) is 76.2 Å². The van der Waals surface area contributed by atoms with Crippen LogP contribution in [0.2, 0.25) is 0 Å². The second-order valence-electron chi connectivity index (χ2n) is 7.26. The summed E-state index contributed by atoms with van der Waals surface area (Å²) >= 11 is 1.55. The Morgan fingerprint density at radius 1 is 1.11 bits per heavy atom. The zero-order valence-corrected chi connectivity index (χ0v) is 16.8. The van der Waals surface area contributed by atoms with Gasteiger partial charge in [0.1, 0.15) is 5.60 Å². The molecule has 0 radical (unpaired) electrons. The number of rotatable bonds is 7. The van der Waals surface area contributed by atoms with Crippen LogP contribution < -0.4 is 9.47 Å². The first-order valence-electron chi connectivity index (χ1n) is 9.69. The number of methoxy groups -OCH3 is 1. The van der Waals surface area contributed by atoms with E-state index >= 15 is 0 Å². The van der Waals surface area contributed by atoms with Crippen molar-refractivity contribution in [3.63, 3.8) is 0 Å². The fraction of sp³-hybridized carbons (Fsp3) is 0.348. The molecule has 5 heteroatoms. The predicted molar refractivity (Wildman–Crippen MR) is 111 cm³/mol. The summed E-state index contributed by atoms with van der Waals surface area (Å²) in [4.78, 5) is 4.99. The number of nitrogens with zero attached hydrogens (tertiary/aromatic N) is 1. The summed E-state index contributed by atoms with van der Waals surface area (Å²) in [6.45, 7) is 0. The second kappa shape index (κ2) is 8.33. The van der Waals surface area contributed by atoms with E-state index in [1.807, 2.05) is 47.8 Å². The molecule has 1 fully saturated rings. The third kappa shape index (κ3) is 3.91. The lowest BCUT2D eigenvalue weighted by Gasteiger charge is -2.29. The Balaban J connectivity index is 1.73. The van der Waals surface area contributed by atoms with Gasteiger partial charge in [-0.2, -0.15) is 0 Å². The number of ether oxygens (including phenoxy) is 2. The van der Waals surface area contributed by atoms with Gasteiger partial charge in [-0.25, -0.2) is 0 Å². The van der Waals surface area contributed by atoms with Gasteiger partial charge in [-0.1, -0.05) is 12.1 Å². The van der Waals surface area contributed by atoms with E-state index in [1.54, 1.807) is 30.8 Å². The zero-order valence-electron chi connectivity index (χ0n) is 16.0. The van der Waals surface area contributed by atoms with Crippen LogP contribution in [0.5, 0.6) is 11.5 Å². The Labute approximate surface area is 169 Å². The lowest BCUT2D eigenvalue weighted by Crippen LogP contribution is -2.29. The minimum Gasteiger partial charge on any atom is -0.493 e. The van der Waals surface area contributed by atoms with E-state index in [0.717, 1.165) is 28.8 Å². The van der Waals surface area contributed by atoms with Gasteiger partial charge in [0.2, 0.25) is 0 Å². The molecular formula is C23H25NO3S. The lowest BCUT2D eigenvalue weighted by atomic mass is 9.86. The van der Waals surface area contributed by atoms with E-state index < -0.39 is 5.60 Å². The Bertz CT molecular complexity index is 891. The van der Waals surface area contributed by atoms with Gasteiger partial charge in [0.15, 0.2) is 11.5 Å². The van der Waals surface area contributed by atoms with Crippen LogP contribution in [0.4, 0.5) is 0 Å². The third-order valence-electron chi connectivity index (χ3n) is 5.38. The molecule has 0 aliphatic heterocycles. The molecule has 1 N–H and O–H groups in total. The SMILES string of the molecule is COc1ccc(C(O)(Cc2ccncc2)c2cccs2)cc1OC1CCCC1. The topological polar surface area (TPSA) is 51.6 Å². The fourth-order valence-electron chi connectivity index (χ4n) is 3.85. The van der Waals surface area contributed by atoms with Crippen LogP contribution in [0, 0.1) is 0 Å². The molecule has 0 bridgehead atoms. The molecule has 1 saturated carbocycles. The normalized spacial score (nSPS) is 16.6. The van der Waals surface area contributed by atoms with Crippen LogP contribution in [-0.2, 0) is 12.0 Å². The summed E-state index contributed by atoms with van der Waals surface area (Å²) in [6.07, 6.45) is 8.74. The average molecular weight is 396 g/mol. The molecular weight excluding hydrogens is 370 g/mol. The van der Waals surface area contributed by atoms with Crippen molar-refractivity contribution in [3.8, 4) is 11.5 Å². The van der Waals surface area contributed by atoms with Crippen molar-refractivity contribution in [1.29, 1.82) is 0 Å². The van der Waals surface area contributed by atoms with Gasteiger partial charge in [-0.05, 0) is 72.5 Å². The quantitative estimate of drug-likeness (QED) is 0.615. The van der Waals surface area contributed by atoms with E-state index in [0.29, 0.717) is 17.9 Å². The van der Waals surface area contributed by atoms with Crippen molar-refractivity contribution in [2.75, 3.05) is 7.11 Å². The molecule has 0 saturated heterocycles. The summed E-state index contributed by atoms with van der Waals surface area (Å²) in [5, 5.41) is 13.8. The van der Waals surface area contributed by atoms with E-state index in [1.165, 1.54) is 12.8 Å². The van der Waals surface area contributed by atoms with Crippen molar-refractivity contribution in [2.24, 2.45) is 0 Å². The van der Waals surface area contributed by atoms with Crippen molar-refractivity contribution < 1.29 is 14.6 Å².